The zero-order valence-corrected chi connectivity index (χ0v) is 17.6. The largest absolute Gasteiger partial charge is 0.308 e. The number of rotatable bonds is 5. The van der Waals surface area contributed by atoms with Crippen LogP contribution in [0.25, 0.3) is 10.8 Å². The SMILES string of the molecule is Cc1nn(CC(=O)N(c2ccc(S(C)(=O)=O)cc2)C(C)C)c(=O)c2ccccc12. The Hall–Kier alpha value is -3.00. The van der Waals surface area contributed by atoms with E-state index in [-0.39, 0.29) is 28.9 Å². The van der Waals surface area contributed by atoms with Crippen LogP contribution in [-0.2, 0) is 21.2 Å². The van der Waals surface area contributed by atoms with Crippen molar-refractivity contribution >= 4 is 32.2 Å². The number of amides is 1. The monoisotopic (exact) mass is 413 g/mol. The summed E-state index contributed by atoms with van der Waals surface area (Å²) in [6, 6.07) is 13.1. The fraction of sp³-hybridized carbons (Fsp3) is 0.286. The third-order valence-electron chi connectivity index (χ3n) is 4.67. The number of sulfone groups is 1. The number of anilines is 1. The van der Waals surface area contributed by atoms with Crippen molar-refractivity contribution in [3.8, 4) is 0 Å². The number of aromatic nitrogens is 2. The van der Waals surface area contributed by atoms with Crippen molar-refractivity contribution < 1.29 is 13.2 Å². The molecule has 0 saturated carbocycles. The predicted octanol–water partition coefficient (Wildman–Crippen LogP) is 2.55. The van der Waals surface area contributed by atoms with Gasteiger partial charge in [-0.3, -0.25) is 9.59 Å². The van der Waals surface area contributed by atoms with Crippen molar-refractivity contribution in [2.75, 3.05) is 11.2 Å². The minimum atomic E-state index is -3.32. The molecule has 0 spiro atoms. The Labute approximate surface area is 169 Å². The average Bonchev–Trinajstić information content (AvgIpc) is 2.65. The highest BCUT2D eigenvalue weighted by molar-refractivity contribution is 7.90. The van der Waals surface area contributed by atoms with Crippen molar-refractivity contribution in [3.63, 3.8) is 0 Å². The van der Waals surface area contributed by atoms with Gasteiger partial charge in [-0.15, -0.1) is 0 Å². The molecule has 0 unspecified atom stereocenters. The van der Waals surface area contributed by atoms with E-state index >= 15 is 0 Å². The maximum absolute atomic E-state index is 13.0. The van der Waals surface area contributed by atoms with Gasteiger partial charge in [0.1, 0.15) is 6.54 Å². The Balaban J connectivity index is 1.96. The van der Waals surface area contributed by atoms with Gasteiger partial charge in [0.2, 0.25) is 5.91 Å². The van der Waals surface area contributed by atoms with Crippen molar-refractivity contribution in [3.05, 3.63) is 64.6 Å². The zero-order chi connectivity index (χ0) is 21.3. The van der Waals surface area contributed by atoms with Crippen LogP contribution in [0, 0.1) is 6.92 Å². The summed E-state index contributed by atoms with van der Waals surface area (Å²) in [6.07, 6.45) is 1.13. The minimum Gasteiger partial charge on any atom is -0.308 e. The van der Waals surface area contributed by atoms with Crippen LogP contribution in [0.1, 0.15) is 19.5 Å². The van der Waals surface area contributed by atoms with Gasteiger partial charge >= 0.3 is 0 Å². The summed E-state index contributed by atoms with van der Waals surface area (Å²) in [5.41, 5.74) is 0.903. The fourth-order valence-corrected chi connectivity index (χ4v) is 3.93. The highest BCUT2D eigenvalue weighted by Crippen LogP contribution is 2.21. The Morgan fingerprint density at radius 1 is 1.07 bits per heavy atom. The number of aryl methyl sites for hydroxylation is 1. The molecule has 1 amide bonds. The number of nitrogens with zero attached hydrogens (tertiary/aromatic N) is 3. The second-order valence-electron chi connectivity index (χ2n) is 7.22. The molecule has 0 fully saturated rings. The number of hydrogen-bond donors (Lipinski definition) is 0. The molecule has 3 aromatic rings. The lowest BCUT2D eigenvalue weighted by molar-refractivity contribution is -0.119. The van der Waals surface area contributed by atoms with E-state index in [1.54, 1.807) is 31.2 Å². The normalized spacial score (nSPS) is 11.8. The molecule has 0 bridgehead atoms. The quantitative estimate of drug-likeness (QED) is 0.641. The fourth-order valence-electron chi connectivity index (χ4n) is 3.30. The smallest absolute Gasteiger partial charge is 0.275 e. The molecule has 0 atom stereocenters. The van der Waals surface area contributed by atoms with Gasteiger partial charge < -0.3 is 4.90 Å². The van der Waals surface area contributed by atoms with E-state index in [2.05, 4.69) is 5.10 Å². The molecule has 0 aliphatic carbocycles. The van der Waals surface area contributed by atoms with E-state index in [9.17, 15) is 18.0 Å². The van der Waals surface area contributed by atoms with Gasteiger partial charge in [-0.05, 0) is 51.1 Å². The van der Waals surface area contributed by atoms with E-state index in [0.29, 0.717) is 16.8 Å². The number of hydrogen-bond acceptors (Lipinski definition) is 5. The van der Waals surface area contributed by atoms with Crippen LogP contribution in [-0.4, -0.2) is 36.4 Å². The first-order chi connectivity index (χ1) is 13.6. The average molecular weight is 413 g/mol. The first-order valence-corrected chi connectivity index (χ1v) is 11.1. The van der Waals surface area contributed by atoms with Gasteiger partial charge in [0.15, 0.2) is 9.84 Å². The highest BCUT2D eigenvalue weighted by atomic mass is 32.2. The summed E-state index contributed by atoms with van der Waals surface area (Å²) in [6.45, 7) is 5.29. The summed E-state index contributed by atoms with van der Waals surface area (Å²) < 4.78 is 24.5. The second-order valence-corrected chi connectivity index (χ2v) is 9.23. The number of fused-ring (bicyclic) bond motifs is 1. The third-order valence-corrected chi connectivity index (χ3v) is 5.79. The molecule has 1 heterocycles. The van der Waals surface area contributed by atoms with Crippen molar-refractivity contribution in [2.24, 2.45) is 0 Å². The molecule has 1 aromatic heterocycles. The number of carbonyl (C=O) groups is 1. The molecule has 0 aliphatic heterocycles. The molecule has 0 aliphatic rings. The summed E-state index contributed by atoms with van der Waals surface area (Å²) in [5, 5.41) is 5.58. The maximum Gasteiger partial charge on any atom is 0.275 e. The van der Waals surface area contributed by atoms with Crippen LogP contribution in [0.2, 0.25) is 0 Å². The van der Waals surface area contributed by atoms with Gasteiger partial charge in [-0.2, -0.15) is 5.10 Å². The van der Waals surface area contributed by atoms with Crippen LogP contribution >= 0.6 is 0 Å². The molecule has 8 heteroatoms. The van der Waals surface area contributed by atoms with Crippen molar-refractivity contribution in [1.82, 2.24) is 9.78 Å². The van der Waals surface area contributed by atoms with Crippen LogP contribution in [0.15, 0.2) is 58.2 Å². The van der Waals surface area contributed by atoms with Crippen LogP contribution in [0.4, 0.5) is 5.69 Å². The van der Waals surface area contributed by atoms with Gasteiger partial charge in [0, 0.05) is 23.4 Å². The Bertz CT molecular complexity index is 1230. The second kappa shape index (κ2) is 7.79. The summed E-state index contributed by atoms with van der Waals surface area (Å²) in [4.78, 5) is 27.5. The molecule has 0 N–H and O–H groups in total. The summed E-state index contributed by atoms with van der Waals surface area (Å²) in [7, 11) is -3.32. The first kappa shape index (κ1) is 20.7. The van der Waals surface area contributed by atoms with E-state index < -0.39 is 9.84 Å². The molecule has 0 saturated heterocycles. The first-order valence-electron chi connectivity index (χ1n) is 9.18. The van der Waals surface area contributed by atoms with Gasteiger partial charge in [-0.1, -0.05) is 18.2 Å². The Kier molecular flexibility index (Phi) is 5.57. The molecule has 7 nitrogen and oxygen atoms in total. The van der Waals surface area contributed by atoms with Crippen molar-refractivity contribution in [2.45, 2.75) is 38.3 Å². The lowest BCUT2D eigenvalue weighted by atomic mass is 10.1. The maximum atomic E-state index is 13.0. The topological polar surface area (TPSA) is 89.3 Å². The standard InChI is InChI=1S/C21H23N3O4S/c1-14(2)24(16-9-11-17(12-10-16)29(4,27)28)20(25)13-23-21(26)19-8-6-5-7-18(19)15(3)22-23/h5-12,14H,13H2,1-4H3. The molecule has 0 radical (unpaired) electrons. The Morgan fingerprint density at radius 3 is 2.21 bits per heavy atom. The summed E-state index contributed by atoms with van der Waals surface area (Å²) in [5.74, 6) is -0.309. The minimum absolute atomic E-state index is 0.181. The van der Waals surface area contributed by atoms with Gasteiger partial charge in [0.05, 0.1) is 16.0 Å². The lowest BCUT2D eigenvalue weighted by Crippen LogP contribution is -2.41. The molecule has 152 valence electrons. The third kappa shape index (κ3) is 4.22. The van der Waals surface area contributed by atoms with E-state index in [1.807, 2.05) is 26.0 Å². The van der Waals surface area contributed by atoms with Gasteiger partial charge in [0.25, 0.3) is 5.56 Å². The Morgan fingerprint density at radius 2 is 1.66 bits per heavy atom. The van der Waals surface area contributed by atoms with E-state index in [0.717, 1.165) is 11.6 Å². The van der Waals surface area contributed by atoms with Gasteiger partial charge in [-0.25, -0.2) is 13.1 Å². The molecule has 2 aromatic carbocycles. The van der Waals surface area contributed by atoms with Crippen LogP contribution in [0.3, 0.4) is 0 Å². The zero-order valence-electron chi connectivity index (χ0n) is 16.8. The summed E-state index contributed by atoms with van der Waals surface area (Å²) >= 11 is 0. The van der Waals surface area contributed by atoms with E-state index in [1.165, 1.54) is 21.7 Å². The van der Waals surface area contributed by atoms with Crippen molar-refractivity contribution in [1.29, 1.82) is 0 Å². The molecular weight excluding hydrogens is 390 g/mol. The lowest BCUT2D eigenvalue weighted by Gasteiger charge is -2.27. The van der Waals surface area contributed by atoms with E-state index in [4.69, 9.17) is 0 Å². The van der Waals surface area contributed by atoms with Crippen LogP contribution < -0.4 is 10.5 Å². The molecular formula is C21H23N3O4S. The molecule has 29 heavy (non-hydrogen) atoms. The highest BCUT2D eigenvalue weighted by Gasteiger charge is 2.21. The number of benzene rings is 2. The van der Waals surface area contributed by atoms with Crippen LogP contribution in [0.5, 0.6) is 0 Å². The number of carbonyl (C=O) groups excluding carboxylic acids is 1. The predicted molar refractivity (Wildman–Crippen MR) is 113 cm³/mol. The molecule has 3 rings (SSSR count).